The number of pyridine rings is 1. The van der Waals surface area contributed by atoms with E-state index in [1.165, 1.54) is 11.2 Å². The highest BCUT2D eigenvalue weighted by Gasteiger charge is 2.76. The second-order valence-corrected chi connectivity index (χ2v) is 9.67. The average Bonchev–Trinajstić information content (AvgIpc) is 3.32. The molecule has 3 fully saturated rings. The van der Waals surface area contributed by atoms with Crippen molar-refractivity contribution >= 4 is 28.4 Å². The van der Waals surface area contributed by atoms with Gasteiger partial charge in [-0.1, -0.05) is 24.0 Å². The van der Waals surface area contributed by atoms with Crippen molar-refractivity contribution < 1.29 is 18.7 Å². The topological polar surface area (TPSA) is 108 Å². The van der Waals surface area contributed by atoms with Crippen LogP contribution < -0.4 is 10.6 Å². The second kappa shape index (κ2) is 7.09. The molecule has 0 radical (unpaired) electrons. The summed E-state index contributed by atoms with van der Waals surface area (Å²) < 4.78 is 27.6. The fourth-order valence-electron chi connectivity index (χ4n) is 4.91. The smallest absolute Gasteiger partial charge is 0.267 e. The van der Waals surface area contributed by atoms with Crippen LogP contribution in [0.25, 0.3) is 22.3 Å². The molecular weight excluding hydrogens is 454 g/mol. The molecular formula is C25H22F2N6O2. The number of likely N-dealkylation sites (tertiary alicyclic amines) is 1. The zero-order valence-corrected chi connectivity index (χ0v) is 18.9. The third-order valence-corrected chi connectivity index (χ3v) is 7.22. The summed E-state index contributed by atoms with van der Waals surface area (Å²) in [5.74, 6) is 2.80. The van der Waals surface area contributed by atoms with Gasteiger partial charge in [0.2, 0.25) is 5.60 Å². The van der Waals surface area contributed by atoms with E-state index in [4.69, 9.17) is 5.73 Å². The summed E-state index contributed by atoms with van der Waals surface area (Å²) in [6, 6.07) is 9.03. The van der Waals surface area contributed by atoms with Crippen LogP contribution in [0.5, 0.6) is 0 Å². The SMILES string of the molecule is CN1CCC(O)(C#Cc2cccc(-c3cc(N4CC5(C4)CC5(F)F)c4ncnc(N)c4n3)c2)C1=O. The number of nitrogen functional groups attached to an aromatic ring is 1. The first-order valence-corrected chi connectivity index (χ1v) is 11.3. The first-order valence-electron chi connectivity index (χ1n) is 11.3. The lowest BCUT2D eigenvalue weighted by Crippen LogP contribution is -2.51. The second-order valence-electron chi connectivity index (χ2n) is 9.67. The number of benzene rings is 1. The number of aromatic nitrogens is 3. The van der Waals surface area contributed by atoms with Crippen molar-refractivity contribution in [3.05, 3.63) is 42.2 Å². The highest BCUT2D eigenvalue weighted by molar-refractivity contribution is 5.96. The Balaban J connectivity index is 1.37. The van der Waals surface area contributed by atoms with Crippen LogP contribution in [0.2, 0.25) is 0 Å². The fraction of sp³-hybridized carbons (Fsp3) is 0.360. The molecule has 1 amide bonds. The van der Waals surface area contributed by atoms with Gasteiger partial charge in [-0.05, 0) is 18.2 Å². The number of nitrogens with two attached hydrogens (primary N) is 1. The maximum Gasteiger partial charge on any atom is 0.267 e. The molecule has 10 heteroatoms. The molecule has 1 saturated carbocycles. The molecule has 2 aliphatic heterocycles. The molecule has 0 bridgehead atoms. The maximum absolute atomic E-state index is 13.8. The van der Waals surface area contributed by atoms with E-state index in [1.807, 2.05) is 17.0 Å². The van der Waals surface area contributed by atoms with Crippen LogP contribution in [0, 0.1) is 17.3 Å². The van der Waals surface area contributed by atoms with Crippen molar-refractivity contribution in [2.45, 2.75) is 24.4 Å². The number of alkyl halides is 2. The molecule has 2 aromatic heterocycles. The van der Waals surface area contributed by atoms with Gasteiger partial charge in [-0.3, -0.25) is 4.79 Å². The molecule has 3 aliphatic rings. The van der Waals surface area contributed by atoms with Crippen molar-refractivity contribution in [2.75, 3.05) is 37.3 Å². The zero-order chi connectivity index (χ0) is 24.6. The molecule has 1 atom stereocenters. The lowest BCUT2D eigenvalue weighted by atomic mass is 9.94. The van der Waals surface area contributed by atoms with Gasteiger partial charge in [0.1, 0.15) is 17.4 Å². The minimum atomic E-state index is -2.62. The Hall–Kier alpha value is -3.84. The lowest BCUT2D eigenvalue weighted by molar-refractivity contribution is -0.137. The average molecular weight is 476 g/mol. The van der Waals surface area contributed by atoms with Crippen molar-refractivity contribution in [1.82, 2.24) is 19.9 Å². The number of amides is 1. The molecule has 3 aromatic rings. The summed E-state index contributed by atoms with van der Waals surface area (Å²) >= 11 is 0. The Morgan fingerprint density at radius 2 is 1.94 bits per heavy atom. The van der Waals surface area contributed by atoms with E-state index in [1.54, 1.807) is 25.2 Å². The number of nitrogens with zero attached hydrogens (tertiary/aromatic N) is 5. The van der Waals surface area contributed by atoms with Crippen molar-refractivity contribution in [2.24, 2.45) is 5.41 Å². The Labute approximate surface area is 199 Å². The number of hydrogen-bond acceptors (Lipinski definition) is 7. The fourth-order valence-corrected chi connectivity index (χ4v) is 4.91. The standard InChI is InChI=1S/C25H22F2N6O2/c1-32-8-7-24(35,22(32)34)6-5-15-3-2-4-16(9-15)17-10-18(19-20(31-17)21(28)30-14-29-19)33-12-23(13-33)11-25(23,26)27/h2-4,9-10,14,35H,7-8,11-13H2,1H3,(H2,28,29,30). The Bertz CT molecular complexity index is 1460. The molecule has 35 heavy (non-hydrogen) atoms. The van der Waals surface area contributed by atoms with Crippen LogP contribution >= 0.6 is 0 Å². The van der Waals surface area contributed by atoms with E-state index in [2.05, 4.69) is 26.8 Å². The Kier molecular flexibility index (Phi) is 4.39. The van der Waals surface area contributed by atoms with E-state index < -0.39 is 22.8 Å². The number of carbonyl (C=O) groups is 1. The number of carbonyl (C=O) groups excluding carboxylic acids is 1. The van der Waals surface area contributed by atoms with Crippen molar-refractivity contribution in [1.29, 1.82) is 0 Å². The normalized spacial score (nSPS) is 23.8. The highest BCUT2D eigenvalue weighted by atomic mass is 19.3. The Morgan fingerprint density at radius 3 is 2.63 bits per heavy atom. The number of halogens is 2. The van der Waals surface area contributed by atoms with Gasteiger partial charge in [-0.2, -0.15) is 0 Å². The minimum Gasteiger partial charge on any atom is -0.382 e. The number of fused-ring (bicyclic) bond motifs is 1. The number of rotatable bonds is 2. The summed E-state index contributed by atoms with van der Waals surface area (Å²) in [5, 5.41) is 10.6. The molecule has 3 N–H and O–H groups in total. The summed E-state index contributed by atoms with van der Waals surface area (Å²) in [7, 11) is 1.63. The minimum absolute atomic E-state index is 0.0884. The summed E-state index contributed by atoms with van der Waals surface area (Å²) in [6.07, 6.45) is 1.50. The number of anilines is 2. The predicted octanol–water partition coefficient (Wildman–Crippen LogP) is 2.06. The van der Waals surface area contributed by atoms with E-state index >= 15 is 0 Å². The van der Waals surface area contributed by atoms with Crippen LogP contribution in [0.1, 0.15) is 18.4 Å². The van der Waals surface area contributed by atoms with Crippen molar-refractivity contribution in [3.63, 3.8) is 0 Å². The molecule has 1 unspecified atom stereocenters. The molecule has 1 spiro atoms. The van der Waals surface area contributed by atoms with E-state index in [9.17, 15) is 18.7 Å². The number of hydrogen-bond donors (Lipinski definition) is 2. The first kappa shape index (κ1) is 21.7. The van der Waals surface area contributed by atoms with Crippen LogP contribution in [0.15, 0.2) is 36.7 Å². The van der Waals surface area contributed by atoms with Gasteiger partial charge >= 0.3 is 0 Å². The first-order chi connectivity index (χ1) is 16.6. The monoisotopic (exact) mass is 476 g/mol. The number of aliphatic hydroxyl groups is 1. The van der Waals surface area contributed by atoms with Crippen LogP contribution in [0.4, 0.5) is 20.3 Å². The van der Waals surface area contributed by atoms with Gasteiger partial charge in [-0.15, -0.1) is 0 Å². The van der Waals surface area contributed by atoms with Crippen molar-refractivity contribution in [3.8, 4) is 23.1 Å². The molecule has 2 saturated heterocycles. The molecule has 1 aliphatic carbocycles. The van der Waals surface area contributed by atoms with Gasteiger partial charge in [0.05, 0.1) is 16.8 Å². The van der Waals surface area contributed by atoms with Crippen LogP contribution in [-0.2, 0) is 4.79 Å². The molecule has 178 valence electrons. The third kappa shape index (κ3) is 3.30. The number of likely N-dealkylation sites (N-methyl/N-ethyl adjacent to an activating group) is 1. The van der Waals surface area contributed by atoms with E-state index in [-0.39, 0.29) is 31.7 Å². The predicted molar refractivity (Wildman–Crippen MR) is 125 cm³/mol. The van der Waals surface area contributed by atoms with E-state index in [0.29, 0.717) is 34.5 Å². The largest absolute Gasteiger partial charge is 0.382 e. The highest BCUT2D eigenvalue weighted by Crippen LogP contribution is 2.65. The molecule has 1 aromatic carbocycles. The van der Waals surface area contributed by atoms with Gasteiger partial charge in [0, 0.05) is 50.7 Å². The van der Waals surface area contributed by atoms with Gasteiger partial charge in [0.25, 0.3) is 11.8 Å². The Morgan fingerprint density at radius 1 is 1.17 bits per heavy atom. The quantitative estimate of drug-likeness (QED) is 0.545. The third-order valence-electron chi connectivity index (χ3n) is 7.22. The van der Waals surface area contributed by atoms with Gasteiger partial charge < -0.3 is 20.6 Å². The lowest BCUT2D eigenvalue weighted by Gasteiger charge is -2.42. The molecule has 4 heterocycles. The van der Waals surface area contributed by atoms with E-state index in [0.717, 1.165) is 5.56 Å². The summed E-state index contributed by atoms with van der Waals surface area (Å²) in [4.78, 5) is 28.6. The van der Waals surface area contributed by atoms with Crippen LogP contribution in [0.3, 0.4) is 0 Å². The zero-order valence-electron chi connectivity index (χ0n) is 18.9. The summed E-state index contributed by atoms with van der Waals surface area (Å²) in [6.45, 7) is 0.936. The molecule has 8 nitrogen and oxygen atoms in total. The van der Waals surface area contributed by atoms with Crippen LogP contribution in [-0.4, -0.2) is 69.1 Å². The van der Waals surface area contributed by atoms with Gasteiger partial charge in [-0.25, -0.2) is 23.7 Å². The van der Waals surface area contributed by atoms with Gasteiger partial charge in [0.15, 0.2) is 5.82 Å². The maximum atomic E-state index is 13.8. The summed E-state index contributed by atoms with van der Waals surface area (Å²) in [5.41, 5.74) is 6.93. The molecule has 6 rings (SSSR count).